The number of nitrogens with zero attached hydrogens (tertiary/aromatic N) is 2. The van der Waals surface area contributed by atoms with Gasteiger partial charge in [0.05, 0.1) is 5.69 Å². The molecular weight excluding hydrogens is 262 g/mol. The molecule has 1 aliphatic rings. The molecule has 0 aliphatic carbocycles. The third-order valence-corrected chi connectivity index (χ3v) is 5.40. The van der Waals surface area contributed by atoms with Crippen LogP contribution in [0.3, 0.4) is 0 Å². The average molecular weight is 283 g/mol. The molecule has 1 fully saturated rings. The van der Waals surface area contributed by atoms with Gasteiger partial charge < -0.3 is 5.32 Å². The highest BCUT2D eigenvalue weighted by Gasteiger charge is 2.34. The van der Waals surface area contributed by atoms with Crippen molar-refractivity contribution in [2.45, 2.75) is 31.2 Å². The van der Waals surface area contributed by atoms with E-state index in [1.165, 1.54) is 6.20 Å². The fourth-order valence-corrected chi connectivity index (χ4v) is 4.21. The lowest BCUT2D eigenvalue weighted by molar-refractivity contribution is 0.443. The fourth-order valence-electron chi connectivity index (χ4n) is 2.57. The van der Waals surface area contributed by atoms with E-state index >= 15 is 0 Å². The zero-order valence-electron chi connectivity index (χ0n) is 11.5. The number of anilines is 1. The van der Waals surface area contributed by atoms with Crippen molar-refractivity contribution in [3.8, 4) is 0 Å². The SMILES string of the molecule is CCCC1CCN(S(=O)(=O)c2ncccc2NC)C1. The number of rotatable bonds is 5. The van der Waals surface area contributed by atoms with Crippen molar-refractivity contribution >= 4 is 15.7 Å². The summed E-state index contributed by atoms with van der Waals surface area (Å²) in [6.07, 6.45) is 4.67. The third-order valence-electron chi connectivity index (χ3n) is 3.57. The minimum Gasteiger partial charge on any atom is -0.386 e. The monoisotopic (exact) mass is 283 g/mol. The standard InChI is InChI=1S/C13H21N3O2S/c1-3-5-11-7-9-16(10-11)19(17,18)13-12(14-2)6-4-8-15-13/h4,6,8,11,14H,3,5,7,9-10H2,1-2H3. The Kier molecular flexibility index (Phi) is 4.42. The van der Waals surface area contributed by atoms with Gasteiger partial charge in [-0.2, -0.15) is 4.31 Å². The van der Waals surface area contributed by atoms with Crippen LogP contribution < -0.4 is 5.32 Å². The molecule has 1 aliphatic heterocycles. The number of hydrogen-bond donors (Lipinski definition) is 1. The van der Waals surface area contributed by atoms with Crippen LogP contribution in [0.4, 0.5) is 5.69 Å². The maximum Gasteiger partial charge on any atom is 0.262 e. The predicted octanol–water partition coefficient (Wildman–Crippen LogP) is 1.93. The van der Waals surface area contributed by atoms with E-state index in [-0.39, 0.29) is 5.03 Å². The van der Waals surface area contributed by atoms with Crippen molar-refractivity contribution in [3.63, 3.8) is 0 Å². The van der Waals surface area contributed by atoms with Crippen molar-refractivity contribution in [1.29, 1.82) is 0 Å². The summed E-state index contributed by atoms with van der Waals surface area (Å²) in [5.74, 6) is 0.488. The van der Waals surface area contributed by atoms with Gasteiger partial charge in [0.2, 0.25) is 0 Å². The molecule has 1 unspecified atom stereocenters. The lowest BCUT2D eigenvalue weighted by atomic mass is 10.0. The molecule has 5 nitrogen and oxygen atoms in total. The third kappa shape index (κ3) is 2.90. The van der Waals surface area contributed by atoms with Crippen LogP contribution in [0.2, 0.25) is 0 Å². The first kappa shape index (κ1) is 14.3. The Morgan fingerprint density at radius 3 is 3.00 bits per heavy atom. The highest BCUT2D eigenvalue weighted by Crippen LogP contribution is 2.28. The topological polar surface area (TPSA) is 62.3 Å². The average Bonchev–Trinajstić information content (AvgIpc) is 2.88. The molecule has 1 atom stereocenters. The van der Waals surface area contributed by atoms with E-state index in [4.69, 9.17) is 0 Å². The van der Waals surface area contributed by atoms with Gasteiger partial charge in [0.1, 0.15) is 0 Å². The molecule has 0 saturated carbocycles. The van der Waals surface area contributed by atoms with E-state index in [2.05, 4.69) is 17.2 Å². The molecule has 0 bridgehead atoms. The summed E-state index contributed by atoms with van der Waals surface area (Å²) in [6, 6.07) is 3.47. The van der Waals surface area contributed by atoms with E-state index in [0.29, 0.717) is 24.7 Å². The number of aromatic nitrogens is 1. The van der Waals surface area contributed by atoms with Gasteiger partial charge in [-0.3, -0.25) is 0 Å². The molecule has 6 heteroatoms. The molecule has 1 saturated heterocycles. The van der Waals surface area contributed by atoms with Crippen molar-refractivity contribution in [3.05, 3.63) is 18.3 Å². The van der Waals surface area contributed by atoms with Gasteiger partial charge in [-0.25, -0.2) is 13.4 Å². The summed E-state index contributed by atoms with van der Waals surface area (Å²) in [5.41, 5.74) is 0.557. The van der Waals surface area contributed by atoms with E-state index < -0.39 is 10.0 Å². The van der Waals surface area contributed by atoms with Gasteiger partial charge in [-0.1, -0.05) is 13.3 Å². The summed E-state index contributed by atoms with van der Waals surface area (Å²) >= 11 is 0. The molecule has 1 aromatic rings. The van der Waals surface area contributed by atoms with Gasteiger partial charge in [0, 0.05) is 26.3 Å². The van der Waals surface area contributed by atoms with E-state index in [1.807, 2.05) is 0 Å². The van der Waals surface area contributed by atoms with Crippen LogP contribution in [-0.2, 0) is 10.0 Å². The molecule has 0 aromatic carbocycles. The van der Waals surface area contributed by atoms with Crippen LogP contribution in [-0.4, -0.2) is 37.8 Å². The summed E-state index contributed by atoms with van der Waals surface area (Å²) < 4.78 is 26.7. The number of hydrogen-bond acceptors (Lipinski definition) is 4. The first-order valence-electron chi connectivity index (χ1n) is 6.72. The van der Waals surface area contributed by atoms with Crippen molar-refractivity contribution < 1.29 is 8.42 Å². The lowest BCUT2D eigenvalue weighted by Crippen LogP contribution is -2.30. The number of sulfonamides is 1. The number of nitrogens with one attached hydrogen (secondary N) is 1. The Hall–Kier alpha value is -1.14. The smallest absolute Gasteiger partial charge is 0.262 e. The quantitative estimate of drug-likeness (QED) is 0.897. The van der Waals surface area contributed by atoms with Gasteiger partial charge in [-0.15, -0.1) is 0 Å². The summed E-state index contributed by atoms with van der Waals surface area (Å²) in [7, 11) is -1.76. The molecule has 0 spiro atoms. The van der Waals surface area contributed by atoms with Crippen LogP contribution in [0, 0.1) is 5.92 Å². The maximum atomic E-state index is 12.6. The Balaban J connectivity index is 2.24. The molecule has 2 heterocycles. The first-order valence-corrected chi connectivity index (χ1v) is 8.16. The van der Waals surface area contributed by atoms with Gasteiger partial charge >= 0.3 is 0 Å². The largest absolute Gasteiger partial charge is 0.386 e. The highest BCUT2D eigenvalue weighted by atomic mass is 32.2. The summed E-state index contributed by atoms with van der Waals surface area (Å²) in [4.78, 5) is 4.04. The zero-order valence-corrected chi connectivity index (χ0v) is 12.3. The molecule has 1 N–H and O–H groups in total. The van der Waals surface area contributed by atoms with Crippen molar-refractivity contribution in [1.82, 2.24) is 9.29 Å². The van der Waals surface area contributed by atoms with Crippen LogP contribution in [0.15, 0.2) is 23.4 Å². The Bertz CT molecular complexity index is 530. The second-order valence-corrected chi connectivity index (χ2v) is 6.77. The van der Waals surface area contributed by atoms with E-state index in [0.717, 1.165) is 19.3 Å². The fraction of sp³-hybridized carbons (Fsp3) is 0.615. The van der Waals surface area contributed by atoms with Crippen molar-refractivity contribution in [2.24, 2.45) is 5.92 Å². The Labute approximate surface area is 115 Å². The summed E-state index contributed by atoms with van der Waals surface area (Å²) in [6.45, 7) is 3.36. The Morgan fingerprint density at radius 1 is 1.53 bits per heavy atom. The molecule has 0 amide bonds. The van der Waals surface area contributed by atoms with Crippen LogP contribution in [0.25, 0.3) is 0 Å². The molecule has 19 heavy (non-hydrogen) atoms. The van der Waals surface area contributed by atoms with E-state index in [9.17, 15) is 8.42 Å². The summed E-state index contributed by atoms with van der Waals surface area (Å²) in [5, 5.41) is 3.03. The van der Waals surface area contributed by atoms with Crippen LogP contribution in [0.5, 0.6) is 0 Å². The highest BCUT2D eigenvalue weighted by molar-refractivity contribution is 7.89. The minimum atomic E-state index is -3.47. The molecule has 106 valence electrons. The second-order valence-electron chi connectivity index (χ2n) is 4.91. The van der Waals surface area contributed by atoms with Crippen LogP contribution in [0.1, 0.15) is 26.2 Å². The molecule has 0 radical (unpaired) electrons. The number of pyridine rings is 1. The normalized spacial score (nSPS) is 20.6. The maximum absolute atomic E-state index is 12.6. The van der Waals surface area contributed by atoms with Gasteiger partial charge in [-0.05, 0) is 30.9 Å². The molecule has 2 rings (SSSR count). The Morgan fingerprint density at radius 2 is 2.32 bits per heavy atom. The zero-order chi connectivity index (χ0) is 13.9. The predicted molar refractivity (Wildman–Crippen MR) is 75.6 cm³/mol. The van der Waals surface area contributed by atoms with Gasteiger partial charge in [0.15, 0.2) is 5.03 Å². The van der Waals surface area contributed by atoms with E-state index in [1.54, 1.807) is 23.5 Å². The molecule has 1 aromatic heterocycles. The van der Waals surface area contributed by atoms with Crippen LogP contribution >= 0.6 is 0 Å². The molecular formula is C13H21N3O2S. The first-order chi connectivity index (χ1) is 9.09. The minimum absolute atomic E-state index is 0.134. The van der Waals surface area contributed by atoms with Gasteiger partial charge in [0.25, 0.3) is 10.0 Å². The van der Waals surface area contributed by atoms with Crippen molar-refractivity contribution in [2.75, 3.05) is 25.5 Å². The lowest BCUT2D eigenvalue weighted by Gasteiger charge is -2.17. The second kappa shape index (κ2) is 5.88.